The normalized spacial score (nSPS) is 10.4. The third kappa shape index (κ3) is 5.56. The van der Waals surface area contributed by atoms with Gasteiger partial charge in [0.25, 0.3) is 0 Å². The molecule has 0 saturated carbocycles. The van der Waals surface area contributed by atoms with Gasteiger partial charge < -0.3 is 24.3 Å². The van der Waals surface area contributed by atoms with Crippen molar-refractivity contribution in [1.82, 2.24) is 9.97 Å². The van der Waals surface area contributed by atoms with Crippen molar-refractivity contribution in [2.75, 3.05) is 45.9 Å². The average Bonchev–Trinajstić information content (AvgIpc) is 2.73. The smallest absolute Gasteiger partial charge is 0.343 e. The van der Waals surface area contributed by atoms with Crippen LogP contribution in [0.1, 0.15) is 30.6 Å². The van der Waals surface area contributed by atoms with Crippen molar-refractivity contribution in [2.45, 2.75) is 20.3 Å². The molecule has 2 aromatic rings. The van der Waals surface area contributed by atoms with Gasteiger partial charge in [-0.1, -0.05) is 0 Å². The molecular weight excluding hydrogens is 362 g/mol. The Kier molecular flexibility index (Phi) is 8.48. The number of carbonyl (C=O) groups is 1. The monoisotopic (exact) mass is 389 g/mol. The quantitative estimate of drug-likeness (QED) is 0.463. The van der Waals surface area contributed by atoms with Crippen LogP contribution in [0.5, 0.6) is 11.5 Å². The van der Waals surface area contributed by atoms with Gasteiger partial charge in [-0.2, -0.15) is 0 Å². The molecule has 0 unspecified atom stereocenters. The highest BCUT2D eigenvalue weighted by Crippen LogP contribution is 2.31. The van der Waals surface area contributed by atoms with Gasteiger partial charge in [-0.25, -0.2) is 14.8 Å². The maximum atomic E-state index is 12.2. The minimum Gasteiger partial charge on any atom is -0.493 e. The molecule has 0 bridgehead atoms. The fourth-order valence-electron chi connectivity index (χ4n) is 2.51. The molecule has 2 rings (SSSR count). The summed E-state index contributed by atoms with van der Waals surface area (Å²) in [5, 5.41) is 3.18. The summed E-state index contributed by atoms with van der Waals surface area (Å²) in [5.74, 6) is 1.61. The number of nitrogens with one attached hydrogen (secondary N) is 1. The Bertz CT molecular complexity index is 782. The van der Waals surface area contributed by atoms with Gasteiger partial charge in [-0.3, -0.25) is 0 Å². The Labute approximate surface area is 165 Å². The zero-order chi connectivity index (χ0) is 20.4. The Morgan fingerprint density at radius 1 is 1.11 bits per heavy atom. The molecule has 0 aliphatic carbocycles. The van der Waals surface area contributed by atoms with Crippen LogP contribution in [0.2, 0.25) is 0 Å². The zero-order valence-corrected chi connectivity index (χ0v) is 16.8. The van der Waals surface area contributed by atoms with E-state index in [0.717, 1.165) is 12.0 Å². The highest BCUT2D eigenvalue weighted by Gasteiger charge is 2.17. The van der Waals surface area contributed by atoms with E-state index in [1.807, 2.05) is 13.0 Å². The predicted octanol–water partition coefficient (Wildman–Crippen LogP) is 3.18. The second kappa shape index (κ2) is 11.1. The summed E-state index contributed by atoms with van der Waals surface area (Å²) in [6.07, 6.45) is 2.26. The van der Waals surface area contributed by atoms with Crippen molar-refractivity contribution in [1.29, 1.82) is 0 Å². The van der Waals surface area contributed by atoms with E-state index in [4.69, 9.17) is 18.9 Å². The number of methoxy groups -OCH3 is 2. The van der Waals surface area contributed by atoms with Crippen LogP contribution >= 0.6 is 0 Å². The number of aromatic nitrogens is 2. The molecular formula is C20H27N3O5. The lowest BCUT2D eigenvalue weighted by molar-refractivity contribution is 0.0526. The number of rotatable bonds is 11. The first kappa shape index (κ1) is 21.4. The molecule has 0 spiro atoms. The number of esters is 1. The minimum atomic E-state index is -0.464. The van der Waals surface area contributed by atoms with Crippen LogP contribution in [0, 0.1) is 0 Å². The summed E-state index contributed by atoms with van der Waals surface area (Å²) in [7, 11) is 3.14. The first-order chi connectivity index (χ1) is 13.6. The van der Waals surface area contributed by atoms with E-state index in [-0.39, 0.29) is 6.61 Å². The fraction of sp³-hybridized carbons (Fsp3) is 0.450. The van der Waals surface area contributed by atoms with Crippen LogP contribution in [0.15, 0.2) is 24.4 Å². The minimum absolute atomic E-state index is 0.278. The van der Waals surface area contributed by atoms with E-state index in [9.17, 15) is 4.79 Å². The standard InChI is InChI=1S/C20H27N3O5/c1-5-27-11-7-10-21-19-15(20(24)28-6-2)13-22-18(23-19)14-8-9-16(25-3)17(12-14)26-4/h8-9,12-13H,5-7,10-11H2,1-4H3,(H,21,22,23). The Hall–Kier alpha value is -2.87. The van der Waals surface area contributed by atoms with Crippen LogP contribution in [0.4, 0.5) is 5.82 Å². The van der Waals surface area contributed by atoms with E-state index >= 15 is 0 Å². The van der Waals surface area contributed by atoms with Gasteiger partial charge >= 0.3 is 5.97 Å². The lowest BCUT2D eigenvalue weighted by Gasteiger charge is -2.13. The van der Waals surface area contributed by atoms with E-state index in [0.29, 0.717) is 48.5 Å². The maximum Gasteiger partial charge on any atom is 0.343 e. The van der Waals surface area contributed by atoms with Crippen molar-refractivity contribution < 1.29 is 23.7 Å². The summed E-state index contributed by atoms with van der Waals surface area (Å²) < 4.78 is 21.0. The molecule has 0 saturated heterocycles. The highest BCUT2D eigenvalue weighted by molar-refractivity contribution is 5.94. The third-order valence-corrected chi connectivity index (χ3v) is 3.89. The van der Waals surface area contributed by atoms with Crippen molar-refractivity contribution in [3.63, 3.8) is 0 Å². The number of nitrogens with zero attached hydrogens (tertiary/aromatic N) is 2. The first-order valence-electron chi connectivity index (χ1n) is 9.22. The number of carbonyl (C=O) groups excluding carboxylic acids is 1. The topological polar surface area (TPSA) is 91.8 Å². The SMILES string of the molecule is CCOCCCNc1nc(-c2ccc(OC)c(OC)c2)ncc1C(=O)OCC. The Morgan fingerprint density at radius 3 is 2.57 bits per heavy atom. The summed E-state index contributed by atoms with van der Waals surface area (Å²) in [5.41, 5.74) is 1.04. The molecule has 0 atom stereocenters. The van der Waals surface area contributed by atoms with Crippen molar-refractivity contribution >= 4 is 11.8 Å². The van der Waals surface area contributed by atoms with Gasteiger partial charge in [0.2, 0.25) is 0 Å². The third-order valence-electron chi connectivity index (χ3n) is 3.89. The zero-order valence-electron chi connectivity index (χ0n) is 16.8. The molecule has 0 amide bonds. The molecule has 28 heavy (non-hydrogen) atoms. The summed E-state index contributed by atoms with van der Waals surface area (Å²) in [6.45, 7) is 5.89. The largest absolute Gasteiger partial charge is 0.493 e. The van der Waals surface area contributed by atoms with E-state index < -0.39 is 5.97 Å². The fourth-order valence-corrected chi connectivity index (χ4v) is 2.51. The number of ether oxygens (including phenoxy) is 4. The lowest BCUT2D eigenvalue weighted by Crippen LogP contribution is -2.14. The number of benzene rings is 1. The van der Waals surface area contributed by atoms with E-state index in [1.54, 1.807) is 33.3 Å². The summed E-state index contributed by atoms with van der Waals surface area (Å²) in [6, 6.07) is 5.41. The molecule has 1 N–H and O–H groups in total. The van der Waals surface area contributed by atoms with Gasteiger partial charge in [-0.05, 0) is 38.5 Å². The number of hydrogen-bond donors (Lipinski definition) is 1. The molecule has 1 heterocycles. The van der Waals surface area contributed by atoms with Crippen LogP contribution in [-0.2, 0) is 9.47 Å². The van der Waals surface area contributed by atoms with Crippen molar-refractivity contribution in [2.24, 2.45) is 0 Å². The molecule has 152 valence electrons. The van der Waals surface area contributed by atoms with Gasteiger partial charge in [0, 0.05) is 31.5 Å². The van der Waals surface area contributed by atoms with Gasteiger partial charge in [-0.15, -0.1) is 0 Å². The molecule has 0 aliphatic heterocycles. The molecule has 0 aliphatic rings. The van der Waals surface area contributed by atoms with Crippen molar-refractivity contribution in [3.05, 3.63) is 30.0 Å². The van der Waals surface area contributed by atoms with Crippen molar-refractivity contribution in [3.8, 4) is 22.9 Å². The highest BCUT2D eigenvalue weighted by atomic mass is 16.5. The Morgan fingerprint density at radius 2 is 1.89 bits per heavy atom. The predicted molar refractivity (Wildman–Crippen MR) is 106 cm³/mol. The second-order valence-electron chi connectivity index (χ2n) is 5.72. The summed E-state index contributed by atoms with van der Waals surface area (Å²) in [4.78, 5) is 21.1. The van der Waals surface area contributed by atoms with Gasteiger partial charge in [0.05, 0.1) is 20.8 Å². The molecule has 0 radical (unpaired) electrons. The Balaban J connectivity index is 2.30. The average molecular weight is 389 g/mol. The molecule has 8 nitrogen and oxygen atoms in total. The second-order valence-corrected chi connectivity index (χ2v) is 5.72. The lowest BCUT2D eigenvalue weighted by atomic mass is 10.1. The van der Waals surface area contributed by atoms with E-state index in [1.165, 1.54) is 6.20 Å². The van der Waals surface area contributed by atoms with Crippen LogP contribution in [0.25, 0.3) is 11.4 Å². The van der Waals surface area contributed by atoms with Gasteiger partial charge in [0.15, 0.2) is 17.3 Å². The molecule has 0 fully saturated rings. The number of anilines is 1. The maximum absolute atomic E-state index is 12.2. The van der Waals surface area contributed by atoms with E-state index in [2.05, 4.69) is 15.3 Å². The molecule has 1 aromatic heterocycles. The van der Waals surface area contributed by atoms with Crippen LogP contribution in [0.3, 0.4) is 0 Å². The molecule has 1 aromatic carbocycles. The molecule has 8 heteroatoms. The van der Waals surface area contributed by atoms with Crippen LogP contribution in [-0.4, -0.2) is 56.5 Å². The van der Waals surface area contributed by atoms with Crippen LogP contribution < -0.4 is 14.8 Å². The summed E-state index contributed by atoms with van der Waals surface area (Å²) >= 11 is 0. The van der Waals surface area contributed by atoms with Gasteiger partial charge in [0.1, 0.15) is 11.4 Å². The first-order valence-corrected chi connectivity index (χ1v) is 9.22. The number of hydrogen-bond acceptors (Lipinski definition) is 8.